The van der Waals surface area contributed by atoms with Gasteiger partial charge >= 0.3 is 0 Å². The van der Waals surface area contributed by atoms with E-state index in [4.69, 9.17) is 4.74 Å². The van der Waals surface area contributed by atoms with E-state index in [0.29, 0.717) is 25.2 Å². The fraction of sp³-hybridized carbons (Fsp3) is 0.947. The Bertz CT molecular complexity index is 405. The molecule has 1 aliphatic heterocycles. The minimum atomic E-state index is -0.846. The second kappa shape index (κ2) is 13.9. The van der Waals surface area contributed by atoms with Crippen molar-refractivity contribution in [2.24, 2.45) is 4.99 Å². The number of aliphatic hydroxyl groups is 1. The Labute approximate surface area is 183 Å². The van der Waals surface area contributed by atoms with Crippen LogP contribution < -0.4 is 10.6 Å². The van der Waals surface area contributed by atoms with Crippen molar-refractivity contribution in [3.05, 3.63) is 0 Å². The molecule has 1 heterocycles. The Morgan fingerprint density at radius 3 is 2.30 bits per heavy atom. The number of hydrogen-bond acceptors (Lipinski definition) is 5. The summed E-state index contributed by atoms with van der Waals surface area (Å²) in [5.74, 6) is 0.766. The Morgan fingerprint density at radius 2 is 1.78 bits per heavy atom. The molecule has 0 bridgehead atoms. The lowest BCUT2D eigenvalue weighted by atomic mass is 10.1. The summed E-state index contributed by atoms with van der Waals surface area (Å²) >= 11 is 0. The maximum atomic E-state index is 10.7. The molecule has 162 valence electrons. The van der Waals surface area contributed by atoms with Crippen molar-refractivity contribution in [3.8, 4) is 0 Å². The van der Waals surface area contributed by atoms with Gasteiger partial charge in [0.05, 0.1) is 25.4 Å². The number of ether oxygens (including phenoxy) is 1. The van der Waals surface area contributed by atoms with Gasteiger partial charge in [-0.1, -0.05) is 0 Å². The van der Waals surface area contributed by atoms with E-state index in [1.165, 1.54) is 0 Å². The molecule has 0 aromatic rings. The van der Waals surface area contributed by atoms with Crippen molar-refractivity contribution < 1.29 is 9.84 Å². The van der Waals surface area contributed by atoms with E-state index >= 15 is 0 Å². The minimum absolute atomic E-state index is 0. The maximum Gasteiger partial charge on any atom is 0.191 e. The van der Waals surface area contributed by atoms with E-state index in [-0.39, 0.29) is 24.0 Å². The zero-order valence-corrected chi connectivity index (χ0v) is 20.5. The van der Waals surface area contributed by atoms with Gasteiger partial charge < -0.3 is 20.5 Å². The fourth-order valence-corrected chi connectivity index (χ4v) is 3.30. The third kappa shape index (κ3) is 11.4. The van der Waals surface area contributed by atoms with Gasteiger partial charge in [0.25, 0.3) is 0 Å². The smallest absolute Gasteiger partial charge is 0.191 e. The van der Waals surface area contributed by atoms with Crippen LogP contribution in [0.2, 0.25) is 0 Å². The van der Waals surface area contributed by atoms with Crippen LogP contribution in [0.3, 0.4) is 0 Å². The molecule has 0 amide bonds. The lowest BCUT2D eigenvalue weighted by Gasteiger charge is -2.33. The van der Waals surface area contributed by atoms with Crippen LogP contribution in [0.5, 0.6) is 0 Å². The molecule has 8 heteroatoms. The van der Waals surface area contributed by atoms with Gasteiger partial charge in [-0.2, -0.15) is 0 Å². The fourth-order valence-electron chi connectivity index (χ4n) is 3.30. The summed E-state index contributed by atoms with van der Waals surface area (Å²) in [4.78, 5) is 9.29. The Kier molecular flexibility index (Phi) is 13.8. The van der Waals surface area contributed by atoms with Gasteiger partial charge in [0.2, 0.25) is 0 Å². The zero-order chi connectivity index (χ0) is 19.6. The van der Waals surface area contributed by atoms with Crippen LogP contribution in [0, 0.1) is 0 Å². The number of β-amino-alcohol motifs (C(OH)–C–C–N with tert-alkyl or cyclic N) is 1. The highest BCUT2D eigenvalue weighted by Crippen LogP contribution is 2.09. The van der Waals surface area contributed by atoms with Crippen molar-refractivity contribution in [3.63, 3.8) is 0 Å². The molecule has 0 aromatic heterocycles. The molecule has 3 N–H and O–H groups in total. The van der Waals surface area contributed by atoms with Gasteiger partial charge in [0, 0.05) is 51.4 Å². The number of morpholine rings is 1. The average Bonchev–Trinajstić information content (AvgIpc) is 2.56. The molecule has 1 rings (SSSR count). The molecule has 0 saturated carbocycles. The lowest BCUT2D eigenvalue weighted by molar-refractivity contribution is -0.0179. The number of guanidine groups is 1. The molecular formula is C19H42IN5O2. The standard InChI is InChI=1S/C19H41N5O2.HI/c1-7-20-18(21-8-9-24(16(2)3)17(4)5)22-14-19(6,25)15-23-10-12-26-13-11-23;/h16-17,25H,7-15H2,1-6H3,(H2,20,21,22);1H. The number of aliphatic imine (C=N–C) groups is 1. The molecule has 1 fully saturated rings. The first-order chi connectivity index (χ1) is 12.2. The Hall–Kier alpha value is -0.160. The van der Waals surface area contributed by atoms with Crippen LogP contribution >= 0.6 is 24.0 Å². The summed E-state index contributed by atoms with van der Waals surface area (Å²) < 4.78 is 5.37. The number of halogens is 1. The summed E-state index contributed by atoms with van der Waals surface area (Å²) in [7, 11) is 0. The van der Waals surface area contributed by atoms with Gasteiger partial charge in [0.1, 0.15) is 0 Å². The summed E-state index contributed by atoms with van der Waals surface area (Å²) in [5.41, 5.74) is -0.846. The van der Waals surface area contributed by atoms with E-state index in [0.717, 1.165) is 51.9 Å². The summed E-state index contributed by atoms with van der Waals surface area (Å²) in [5, 5.41) is 17.3. The molecule has 0 aromatic carbocycles. The topological polar surface area (TPSA) is 72.4 Å². The molecule has 1 aliphatic rings. The van der Waals surface area contributed by atoms with Crippen LogP contribution in [-0.4, -0.2) is 97.6 Å². The van der Waals surface area contributed by atoms with Gasteiger partial charge in [0.15, 0.2) is 5.96 Å². The third-order valence-electron chi connectivity index (χ3n) is 4.58. The van der Waals surface area contributed by atoms with E-state index in [1.807, 2.05) is 6.92 Å². The predicted molar refractivity (Wildman–Crippen MR) is 124 cm³/mol. The quantitative estimate of drug-likeness (QED) is 0.240. The highest BCUT2D eigenvalue weighted by atomic mass is 127. The molecule has 7 nitrogen and oxygen atoms in total. The average molecular weight is 499 g/mol. The normalized spacial score (nSPS) is 18.5. The molecule has 0 spiro atoms. The first-order valence-corrected chi connectivity index (χ1v) is 10.1. The second-order valence-electron chi connectivity index (χ2n) is 7.93. The zero-order valence-electron chi connectivity index (χ0n) is 18.1. The van der Waals surface area contributed by atoms with Crippen LogP contribution in [0.4, 0.5) is 0 Å². The van der Waals surface area contributed by atoms with Crippen molar-refractivity contribution in [1.82, 2.24) is 20.4 Å². The van der Waals surface area contributed by atoms with Crippen molar-refractivity contribution in [2.75, 3.05) is 59.0 Å². The van der Waals surface area contributed by atoms with E-state index in [9.17, 15) is 5.11 Å². The third-order valence-corrected chi connectivity index (χ3v) is 4.58. The van der Waals surface area contributed by atoms with Crippen molar-refractivity contribution >= 4 is 29.9 Å². The van der Waals surface area contributed by atoms with Crippen molar-refractivity contribution in [1.29, 1.82) is 0 Å². The molecule has 1 saturated heterocycles. The van der Waals surface area contributed by atoms with Crippen LogP contribution in [0.25, 0.3) is 0 Å². The summed E-state index contributed by atoms with van der Waals surface area (Å²) in [6.07, 6.45) is 0. The number of nitrogens with zero attached hydrogens (tertiary/aromatic N) is 3. The summed E-state index contributed by atoms with van der Waals surface area (Å²) in [6.45, 7) is 19.6. The molecule has 1 unspecified atom stereocenters. The molecule has 0 radical (unpaired) electrons. The van der Waals surface area contributed by atoms with Gasteiger partial charge in [-0.25, -0.2) is 0 Å². The molecule has 0 aliphatic carbocycles. The van der Waals surface area contributed by atoms with Crippen LogP contribution in [0.1, 0.15) is 41.5 Å². The molecule has 1 atom stereocenters. The number of hydrogen-bond donors (Lipinski definition) is 3. The first kappa shape index (κ1) is 26.8. The predicted octanol–water partition coefficient (Wildman–Crippen LogP) is 1.36. The molecule has 27 heavy (non-hydrogen) atoms. The monoisotopic (exact) mass is 499 g/mol. The number of nitrogens with one attached hydrogen (secondary N) is 2. The largest absolute Gasteiger partial charge is 0.387 e. The van der Waals surface area contributed by atoms with Gasteiger partial charge in [-0.15, -0.1) is 24.0 Å². The van der Waals surface area contributed by atoms with Crippen LogP contribution in [-0.2, 0) is 4.74 Å². The highest BCUT2D eigenvalue weighted by Gasteiger charge is 2.25. The lowest BCUT2D eigenvalue weighted by Crippen LogP contribution is -2.49. The first-order valence-electron chi connectivity index (χ1n) is 10.1. The maximum absolute atomic E-state index is 10.7. The summed E-state index contributed by atoms with van der Waals surface area (Å²) in [6, 6.07) is 1.04. The minimum Gasteiger partial charge on any atom is -0.387 e. The van der Waals surface area contributed by atoms with Crippen molar-refractivity contribution in [2.45, 2.75) is 59.2 Å². The second-order valence-corrected chi connectivity index (χ2v) is 7.93. The van der Waals surface area contributed by atoms with Crippen LogP contribution in [0.15, 0.2) is 4.99 Å². The van der Waals surface area contributed by atoms with E-state index < -0.39 is 5.60 Å². The Balaban J connectivity index is 0.00000676. The Morgan fingerprint density at radius 1 is 1.19 bits per heavy atom. The van der Waals surface area contributed by atoms with E-state index in [1.54, 1.807) is 0 Å². The van der Waals surface area contributed by atoms with Gasteiger partial charge in [-0.3, -0.25) is 14.8 Å². The molecular weight excluding hydrogens is 457 g/mol. The number of rotatable bonds is 10. The highest BCUT2D eigenvalue weighted by molar-refractivity contribution is 14.0. The van der Waals surface area contributed by atoms with Gasteiger partial charge in [-0.05, 0) is 41.5 Å². The SMILES string of the molecule is CCNC(=NCC(C)(O)CN1CCOCC1)NCCN(C(C)C)C(C)C.I. The van der Waals surface area contributed by atoms with E-state index in [2.05, 4.69) is 60.0 Å².